The fourth-order valence-corrected chi connectivity index (χ4v) is 3.27. The van der Waals surface area contributed by atoms with Gasteiger partial charge in [0.2, 0.25) is 0 Å². The lowest BCUT2D eigenvalue weighted by Gasteiger charge is -2.53. The quantitative estimate of drug-likeness (QED) is 0.650. The zero-order valence-electron chi connectivity index (χ0n) is 10.5. The summed E-state index contributed by atoms with van der Waals surface area (Å²) in [4.78, 5) is 0. The molecule has 1 heterocycles. The molecule has 1 rings (SSSR count). The van der Waals surface area contributed by atoms with Crippen molar-refractivity contribution in [3.63, 3.8) is 0 Å². The molecule has 2 heteroatoms. The molecule has 0 bridgehead atoms. The molecule has 1 saturated heterocycles. The van der Waals surface area contributed by atoms with Gasteiger partial charge in [-0.1, -0.05) is 41.5 Å². The summed E-state index contributed by atoms with van der Waals surface area (Å²) in [6, 6.07) is 0.155. The summed E-state index contributed by atoms with van der Waals surface area (Å²) in [7, 11) is 0. The van der Waals surface area contributed by atoms with Crippen LogP contribution in [0.2, 0.25) is 0 Å². The first-order valence-corrected chi connectivity index (χ1v) is 5.46. The van der Waals surface area contributed by atoms with Crippen LogP contribution in [0, 0.1) is 16.2 Å². The summed E-state index contributed by atoms with van der Waals surface area (Å²) in [5, 5.41) is 0. The molecule has 84 valence electrons. The number of nitrogens with two attached hydrogens (primary N) is 1. The molecule has 2 nitrogen and oxygen atoms in total. The summed E-state index contributed by atoms with van der Waals surface area (Å²) in [5.74, 6) is 0. The summed E-state index contributed by atoms with van der Waals surface area (Å²) in [5.41, 5.74) is 6.71. The fraction of sp³-hybridized carbons (Fsp3) is 1.00. The summed E-state index contributed by atoms with van der Waals surface area (Å²) in [6.07, 6.45) is 0. The molecular weight excluding hydrogens is 174 g/mol. The summed E-state index contributed by atoms with van der Waals surface area (Å²) in [6.45, 7) is 15.1. The van der Waals surface area contributed by atoms with Crippen molar-refractivity contribution in [1.29, 1.82) is 0 Å². The third kappa shape index (κ3) is 1.49. The lowest BCUT2D eigenvalue weighted by atomic mass is 9.52. The molecule has 1 aliphatic rings. The van der Waals surface area contributed by atoms with Crippen molar-refractivity contribution >= 4 is 0 Å². The number of hydrogen-bond donors (Lipinski definition) is 1. The van der Waals surface area contributed by atoms with Crippen molar-refractivity contribution in [2.24, 2.45) is 22.0 Å². The molecule has 1 fully saturated rings. The lowest BCUT2D eigenvalue weighted by molar-refractivity contribution is -0.0463. The minimum Gasteiger partial charge on any atom is -0.379 e. The Morgan fingerprint density at radius 2 is 1.50 bits per heavy atom. The minimum atomic E-state index is 0.0833. The van der Waals surface area contributed by atoms with E-state index in [4.69, 9.17) is 10.5 Å². The van der Waals surface area contributed by atoms with E-state index in [1.807, 2.05) is 0 Å². The third-order valence-electron chi connectivity index (χ3n) is 3.94. The zero-order valence-corrected chi connectivity index (χ0v) is 10.5. The lowest BCUT2D eigenvalue weighted by Crippen LogP contribution is -2.57. The molecule has 0 spiro atoms. The number of ether oxygens (including phenoxy) is 1. The molecule has 1 aliphatic heterocycles. The van der Waals surface area contributed by atoms with Gasteiger partial charge < -0.3 is 10.5 Å². The molecule has 0 aliphatic carbocycles. The van der Waals surface area contributed by atoms with Gasteiger partial charge in [-0.2, -0.15) is 0 Å². The Morgan fingerprint density at radius 1 is 1.07 bits per heavy atom. The Hall–Kier alpha value is -0.0800. The van der Waals surface area contributed by atoms with Crippen LogP contribution in [0.3, 0.4) is 0 Å². The monoisotopic (exact) mass is 199 g/mol. The summed E-state index contributed by atoms with van der Waals surface area (Å²) < 4.78 is 5.60. The first-order valence-electron chi connectivity index (χ1n) is 5.46. The van der Waals surface area contributed by atoms with Crippen LogP contribution in [-0.2, 0) is 4.74 Å². The number of rotatable bonds is 0. The van der Waals surface area contributed by atoms with Gasteiger partial charge in [-0.15, -0.1) is 0 Å². The predicted molar refractivity (Wildman–Crippen MR) is 60.1 cm³/mol. The van der Waals surface area contributed by atoms with E-state index in [-0.39, 0.29) is 22.3 Å². The predicted octanol–water partition coefficient (Wildman–Crippen LogP) is 2.42. The van der Waals surface area contributed by atoms with Crippen molar-refractivity contribution in [2.75, 3.05) is 13.2 Å². The first kappa shape index (κ1) is 12.0. The van der Waals surface area contributed by atoms with Gasteiger partial charge >= 0.3 is 0 Å². The van der Waals surface area contributed by atoms with Crippen LogP contribution < -0.4 is 5.73 Å². The molecule has 0 amide bonds. The van der Waals surface area contributed by atoms with Crippen LogP contribution in [0.5, 0.6) is 0 Å². The van der Waals surface area contributed by atoms with E-state index in [0.29, 0.717) is 6.61 Å². The van der Waals surface area contributed by atoms with Gasteiger partial charge in [0.05, 0.1) is 13.2 Å². The van der Waals surface area contributed by atoms with E-state index in [1.165, 1.54) is 0 Å². The van der Waals surface area contributed by atoms with E-state index in [2.05, 4.69) is 41.5 Å². The average molecular weight is 199 g/mol. The second kappa shape index (κ2) is 3.21. The highest BCUT2D eigenvalue weighted by Gasteiger charge is 2.57. The van der Waals surface area contributed by atoms with Crippen LogP contribution in [-0.4, -0.2) is 19.3 Å². The summed E-state index contributed by atoms with van der Waals surface area (Å²) >= 11 is 0. The highest BCUT2D eigenvalue weighted by molar-refractivity contribution is 5.07. The van der Waals surface area contributed by atoms with Crippen molar-refractivity contribution < 1.29 is 4.74 Å². The zero-order chi connectivity index (χ0) is 11.2. The Morgan fingerprint density at radius 3 is 1.64 bits per heavy atom. The van der Waals surface area contributed by atoms with Crippen molar-refractivity contribution in [3.8, 4) is 0 Å². The van der Waals surface area contributed by atoms with E-state index in [1.54, 1.807) is 0 Å². The molecule has 2 N–H and O–H groups in total. The fourth-order valence-electron chi connectivity index (χ4n) is 3.27. The van der Waals surface area contributed by atoms with Crippen LogP contribution in [0.4, 0.5) is 0 Å². The molecular formula is C12H25NO. The Kier molecular flexibility index (Phi) is 2.75. The smallest absolute Gasteiger partial charge is 0.0624 e. The van der Waals surface area contributed by atoms with Gasteiger partial charge in [0.1, 0.15) is 0 Å². The molecule has 0 aromatic heterocycles. The number of hydrogen-bond acceptors (Lipinski definition) is 2. The van der Waals surface area contributed by atoms with E-state index in [0.717, 1.165) is 6.61 Å². The van der Waals surface area contributed by atoms with Gasteiger partial charge in [-0.05, 0) is 10.8 Å². The molecule has 0 unspecified atom stereocenters. The molecule has 0 aromatic carbocycles. The van der Waals surface area contributed by atoms with Crippen LogP contribution >= 0.6 is 0 Å². The van der Waals surface area contributed by atoms with Crippen molar-refractivity contribution in [3.05, 3.63) is 0 Å². The Labute approximate surface area is 88.2 Å². The van der Waals surface area contributed by atoms with Gasteiger partial charge in [0, 0.05) is 11.5 Å². The molecule has 0 radical (unpaired) electrons. The third-order valence-corrected chi connectivity index (χ3v) is 3.94. The molecule has 0 aromatic rings. The maximum absolute atomic E-state index is 6.26. The molecule has 14 heavy (non-hydrogen) atoms. The highest BCUT2D eigenvalue weighted by atomic mass is 16.5. The van der Waals surface area contributed by atoms with Crippen molar-refractivity contribution in [2.45, 2.75) is 47.6 Å². The average Bonchev–Trinajstić information content (AvgIpc) is 2.27. The second-order valence-electron chi connectivity index (χ2n) is 6.59. The first-order chi connectivity index (χ1) is 6.13. The molecule has 1 atom stereocenters. The van der Waals surface area contributed by atoms with Crippen LogP contribution in [0.15, 0.2) is 0 Å². The molecule has 0 saturated carbocycles. The maximum atomic E-state index is 6.26. The largest absolute Gasteiger partial charge is 0.379 e. The minimum absolute atomic E-state index is 0.0833. The van der Waals surface area contributed by atoms with E-state index >= 15 is 0 Å². The van der Waals surface area contributed by atoms with Crippen molar-refractivity contribution in [1.82, 2.24) is 0 Å². The van der Waals surface area contributed by atoms with Gasteiger partial charge in [-0.3, -0.25) is 0 Å². The standard InChI is InChI=1S/C12H25NO/c1-10(2,3)12(11(4,5)6)8-14-7-9(12)13/h9H,7-8,13H2,1-6H3/t9-/m0/s1. The normalized spacial score (nSPS) is 28.1. The van der Waals surface area contributed by atoms with Crippen LogP contribution in [0.1, 0.15) is 41.5 Å². The highest BCUT2D eigenvalue weighted by Crippen LogP contribution is 2.55. The topological polar surface area (TPSA) is 35.2 Å². The van der Waals surface area contributed by atoms with E-state index < -0.39 is 0 Å². The SMILES string of the molecule is CC(C)(C)C1(C(C)(C)C)COC[C@@H]1N. The van der Waals surface area contributed by atoms with Crippen LogP contribution in [0.25, 0.3) is 0 Å². The second-order valence-corrected chi connectivity index (χ2v) is 6.59. The Bertz CT molecular complexity index is 195. The Balaban J connectivity index is 3.16. The van der Waals surface area contributed by atoms with Gasteiger partial charge in [0.25, 0.3) is 0 Å². The maximum Gasteiger partial charge on any atom is 0.0624 e. The van der Waals surface area contributed by atoms with Gasteiger partial charge in [-0.25, -0.2) is 0 Å². The van der Waals surface area contributed by atoms with Gasteiger partial charge in [0.15, 0.2) is 0 Å². The van der Waals surface area contributed by atoms with E-state index in [9.17, 15) is 0 Å².